The van der Waals surface area contributed by atoms with Gasteiger partial charge in [-0.15, -0.1) is 0 Å². The molecule has 0 unspecified atom stereocenters. The van der Waals surface area contributed by atoms with E-state index in [0.29, 0.717) is 16.9 Å². The van der Waals surface area contributed by atoms with Crippen molar-refractivity contribution < 1.29 is 0 Å². The van der Waals surface area contributed by atoms with Gasteiger partial charge in [-0.25, -0.2) is 4.98 Å². The van der Waals surface area contributed by atoms with Crippen LogP contribution >= 0.6 is 0 Å². The molecule has 0 aromatic carbocycles. The highest BCUT2D eigenvalue weighted by molar-refractivity contribution is 5.74. The Kier molecular flexibility index (Phi) is 3.06. The molecule has 3 N–H and O–H groups in total. The van der Waals surface area contributed by atoms with Gasteiger partial charge in [0.25, 0.3) is 0 Å². The Labute approximate surface area is 115 Å². The minimum atomic E-state index is -0.538. The standard InChI is InChI=1S/C13H17N5O2/c1-17-10-6-8(14)7-16-11(10)18(13(20)12(17)19)9-2-4-15-5-3-9/h6-7,9,15H,2-5,14H2,1H3. The van der Waals surface area contributed by atoms with Crippen molar-refractivity contribution in [1.29, 1.82) is 0 Å². The monoisotopic (exact) mass is 275 g/mol. The predicted octanol–water partition coefficient (Wildman–Crippen LogP) is -0.398. The summed E-state index contributed by atoms with van der Waals surface area (Å²) in [5.74, 6) is 0. The summed E-state index contributed by atoms with van der Waals surface area (Å²) in [5.41, 5.74) is 6.28. The lowest BCUT2D eigenvalue weighted by molar-refractivity contribution is 0.365. The lowest BCUT2D eigenvalue weighted by atomic mass is 10.1. The summed E-state index contributed by atoms with van der Waals surface area (Å²) in [7, 11) is 1.57. The predicted molar refractivity (Wildman–Crippen MR) is 76.8 cm³/mol. The van der Waals surface area contributed by atoms with Crippen LogP contribution in [0.4, 0.5) is 5.69 Å². The van der Waals surface area contributed by atoms with Crippen LogP contribution in [0, 0.1) is 0 Å². The highest BCUT2D eigenvalue weighted by Crippen LogP contribution is 2.20. The number of anilines is 1. The van der Waals surface area contributed by atoms with Crippen molar-refractivity contribution >= 4 is 16.9 Å². The molecule has 1 aliphatic heterocycles. The van der Waals surface area contributed by atoms with Crippen LogP contribution in [-0.2, 0) is 7.05 Å². The van der Waals surface area contributed by atoms with Crippen molar-refractivity contribution in [3.05, 3.63) is 33.0 Å². The van der Waals surface area contributed by atoms with Crippen molar-refractivity contribution in [3.63, 3.8) is 0 Å². The van der Waals surface area contributed by atoms with Gasteiger partial charge in [-0.1, -0.05) is 0 Å². The third kappa shape index (κ3) is 1.90. The number of hydrogen-bond acceptors (Lipinski definition) is 5. The molecule has 0 atom stereocenters. The molecule has 1 saturated heterocycles. The molecule has 1 aliphatic rings. The number of piperidine rings is 1. The normalized spacial score (nSPS) is 16.6. The number of pyridine rings is 1. The molecule has 2 aromatic rings. The number of hydrogen-bond donors (Lipinski definition) is 2. The average Bonchev–Trinajstić information content (AvgIpc) is 2.47. The third-order valence-electron chi connectivity index (χ3n) is 3.84. The van der Waals surface area contributed by atoms with Crippen molar-refractivity contribution in [1.82, 2.24) is 19.4 Å². The van der Waals surface area contributed by atoms with Crippen molar-refractivity contribution in [2.75, 3.05) is 18.8 Å². The lowest BCUT2D eigenvalue weighted by Crippen LogP contribution is -2.44. The van der Waals surface area contributed by atoms with Crippen LogP contribution in [0.1, 0.15) is 18.9 Å². The van der Waals surface area contributed by atoms with E-state index in [9.17, 15) is 9.59 Å². The number of nitrogens with zero attached hydrogens (tertiary/aromatic N) is 3. The van der Waals surface area contributed by atoms with Crippen LogP contribution in [0.15, 0.2) is 21.9 Å². The number of aromatic nitrogens is 3. The largest absolute Gasteiger partial charge is 0.397 e. The van der Waals surface area contributed by atoms with Crippen molar-refractivity contribution in [3.8, 4) is 0 Å². The molecule has 2 aromatic heterocycles. The first kappa shape index (κ1) is 12.9. The van der Waals surface area contributed by atoms with Crippen LogP contribution in [-0.4, -0.2) is 27.2 Å². The minimum Gasteiger partial charge on any atom is -0.397 e. The maximum Gasteiger partial charge on any atom is 0.318 e. The molecule has 7 heteroatoms. The third-order valence-corrected chi connectivity index (χ3v) is 3.84. The minimum absolute atomic E-state index is 0.0104. The average molecular weight is 275 g/mol. The van der Waals surface area contributed by atoms with Crippen LogP contribution < -0.4 is 22.2 Å². The highest BCUT2D eigenvalue weighted by Gasteiger charge is 2.21. The van der Waals surface area contributed by atoms with Gasteiger partial charge in [0.15, 0.2) is 5.65 Å². The van der Waals surface area contributed by atoms with Crippen LogP contribution in [0.25, 0.3) is 11.2 Å². The molecule has 3 rings (SSSR count). The smallest absolute Gasteiger partial charge is 0.318 e. The zero-order valence-electron chi connectivity index (χ0n) is 11.3. The van der Waals surface area contributed by atoms with Crippen molar-refractivity contribution in [2.45, 2.75) is 18.9 Å². The van der Waals surface area contributed by atoms with Gasteiger partial charge in [-0.2, -0.15) is 0 Å². The van der Waals surface area contributed by atoms with E-state index in [1.165, 1.54) is 15.3 Å². The second-order valence-electron chi connectivity index (χ2n) is 5.13. The second-order valence-corrected chi connectivity index (χ2v) is 5.13. The maximum atomic E-state index is 12.3. The number of nitrogen functional groups attached to an aromatic ring is 1. The maximum absolute atomic E-state index is 12.3. The zero-order chi connectivity index (χ0) is 14.3. The molecule has 0 amide bonds. The number of nitrogens with two attached hydrogens (primary N) is 1. The van der Waals surface area contributed by atoms with Crippen LogP contribution in [0.3, 0.4) is 0 Å². The molecular formula is C13H17N5O2. The summed E-state index contributed by atoms with van der Waals surface area (Å²) in [5, 5.41) is 3.25. The molecule has 3 heterocycles. The molecule has 0 radical (unpaired) electrons. The van der Waals surface area contributed by atoms with E-state index in [-0.39, 0.29) is 6.04 Å². The fraction of sp³-hybridized carbons (Fsp3) is 0.462. The summed E-state index contributed by atoms with van der Waals surface area (Å²) in [6.45, 7) is 1.67. The Morgan fingerprint density at radius 2 is 2.00 bits per heavy atom. The van der Waals surface area contributed by atoms with E-state index in [0.717, 1.165) is 25.9 Å². The van der Waals surface area contributed by atoms with E-state index in [1.54, 1.807) is 13.1 Å². The summed E-state index contributed by atoms with van der Waals surface area (Å²) < 4.78 is 2.86. The SMILES string of the molecule is Cn1c(=O)c(=O)n(C2CCNCC2)c2ncc(N)cc21. The van der Waals surface area contributed by atoms with Gasteiger partial charge in [0.05, 0.1) is 17.4 Å². The van der Waals surface area contributed by atoms with Gasteiger partial charge in [0.2, 0.25) is 0 Å². The molecule has 7 nitrogen and oxygen atoms in total. The first-order chi connectivity index (χ1) is 9.59. The van der Waals surface area contributed by atoms with E-state index in [1.807, 2.05) is 0 Å². The molecular weight excluding hydrogens is 258 g/mol. The summed E-state index contributed by atoms with van der Waals surface area (Å²) in [6.07, 6.45) is 3.15. The molecule has 0 bridgehead atoms. The Morgan fingerprint density at radius 3 is 2.70 bits per heavy atom. The Hall–Kier alpha value is -2.15. The van der Waals surface area contributed by atoms with Gasteiger partial charge >= 0.3 is 11.1 Å². The molecule has 106 valence electrons. The van der Waals surface area contributed by atoms with E-state index >= 15 is 0 Å². The number of fused-ring (bicyclic) bond motifs is 1. The molecule has 0 saturated carbocycles. The van der Waals surface area contributed by atoms with E-state index in [2.05, 4.69) is 10.3 Å². The molecule has 0 aliphatic carbocycles. The van der Waals surface area contributed by atoms with Gasteiger partial charge in [0, 0.05) is 13.1 Å². The summed E-state index contributed by atoms with van der Waals surface area (Å²) in [6, 6.07) is 1.69. The van der Waals surface area contributed by atoms with Crippen molar-refractivity contribution in [2.24, 2.45) is 7.05 Å². The zero-order valence-corrected chi connectivity index (χ0v) is 11.3. The summed E-state index contributed by atoms with van der Waals surface area (Å²) in [4.78, 5) is 28.7. The first-order valence-electron chi connectivity index (χ1n) is 6.67. The van der Waals surface area contributed by atoms with Gasteiger partial charge < -0.3 is 15.6 Å². The van der Waals surface area contributed by atoms with Crippen LogP contribution in [0.2, 0.25) is 0 Å². The Morgan fingerprint density at radius 1 is 1.30 bits per heavy atom. The fourth-order valence-corrected chi connectivity index (χ4v) is 2.75. The Balaban J connectivity index is 2.35. The fourth-order valence-electron chi connectivity index (χ4n) is 2.75. The Bertz CT molecular complexity index is 771. The summed E-state index contributed by atoms with van der Waals surface area (Å²) >= 11 is 0. The topological polar surface area (TPSA) is 94.9 Å². The lowest BCUT2D eigenvalue weighted by Gasteiger charge is -2.25. The number of rotatable bonds is 1. The van der Waals surface area contributed by atoms with E-state index < -0.39 is 11.1 Å². The van der Waals surface area contributed by atoms with Gasteiger partial charge in [0.1, 0.15) is 0 Å². The quantitative estimate of drug-likeness (QED) is 0.691. The molecule has 0 spiro atoms. The molecule has 20 heavy (non-hydrogen) atoms. The van der Waals surface area contributed by atoms with Crippen LogP contribution in [0.5, 0.6) is 0 Å². The highest BCUT2D eigenvalue weighted by atomic mass is 16.2. The number of nitrogens with one attached hydrogen (secondary N) is 1. The molecule has 1 fully saturated rings. The number of aryl methyl sites for hydroxylation is 1. The second kappa shape index (κ2) is 4.75. The van der Waals surface area contributed by atoms with Gasteiger partial charge in [-0.05, 0) is 32.0 Å². The van der Waals surface area contributed by atoms with Gasteiger partial charge in [-0.3, -0.25) is 14.2 Å². The first-order valence-corrected chi connectivity index (χ1v) is 6.67. The van der Waals surface area contributed by atoms with E-state index in [4.69, 9.17) is 5.73 Å².